The number of nitrogens with zero attached hydrogens (tertiary/aromatic N) is 1. The van der Waals surface area contributed by atoms with Gasteiger partial charge in [-0.25, -0.2) is 0 Å². The molecule has 3 rings (SSSR count). The molecule has 0 aliphatic heterocycles. The third-order valence-electron chi connectivity index (χ3n) is 4.19. The summed E-state index contributed by atoms with van der Waals surface area (Å²) in [6.45, 7) is 0. The smallest absolute Gasteiger partial charge is 0.254 e. The molecule has 5 nitrogen and oxygen atoms in total. The van der Waals surface area contributed by atoms with Crippen LogP contribution in [0, 0.1) is 0 Å². The second kappa shape index (κ2) is 5.33. The molecule has 0 radical (unpaired) electrons. The molecular formula is C14H21N3O2. The average molecular weight is 263 g/mol. The van der Waals surface area contributed by atoms with Gasteiger partial charge >= 0.3 is 0 Å². The van der Waals surface area contributed by atoms with Crippen LogP contribution in [0.5, 0.6) is 0 Å². The van der Waals surface area contributed by atoms with E-state index in [1.165, 1.54) is 0 Å². The predicted octanol–water partition coefficient (Wildman–Crippen LogP) is 1.97. The molecule has 2 saturated carbocycles. The van der Waals surface area contributed by atoms with Crippen LogP contribution in [0.3, 0.4) is 0 Å². The van der Waals surface area contributed by atoms with Gasteiger partial charge in [-0.05, 0) is 38.5 Å². The van der Waals surface area contributed by atoms with E-state index in [-0.39, 0.29) is 18.1 Å². The first-order valence-corrected chi connectivity index (χ1v) is 7.15. The fourth-order valence-electron chi connectivity index (χ4n) is 2.91. The first-order valence-electron chi connectivity index (χ1n) is 7.15. The Balaban J connectivity index is 1.62. The van der Waals surface area contributed by atoms with Crippen molar-refractivity contribution in [3.05, 3.63) is 17.5 Å². The zero-order chi connectivity index (χ0) is 13.2. The van der Waals surface area contributed by atoms with Gasteiger partial charge in [0.15, 0.2) is 0 Å². The van der Waals surface area contributed by atoms with Gasteiger partial charge in [-0.2, -0.15) is 5.10 Å². The van der Waals surface area contributed by atoms with Gasteiger partial charge in [0.25, 0.3) is 5.91 Å². The Hall–Kier alpha value is -1.36. The number of methoxy groups -OCH3 is 1. The van der Waals surface area contributed by atoms with Crippen molar-refractivity contribution in [2.75, 3.05) is 7.11 Å². The van der Waals surface area contributed by atoms with Crippen molar-refractivity contribution in [2.45, 2.75) is 56.6 Å². The maximum Gasteiger partial charge on any atom is 0.254 e. The quantitative estimate of drug-likeness (QED) is 0.872. The van der Waals surface area contributed by atoms with Gasteiger partial charge in [0.1, 0.15) is 0 Å². The van der Waals surface area contributed by atoms with E-state index in [9.17, 15) is 4.79 Å². The molecule has 2 aliphatic rings. The largest absolute Gasteiger partial charge is 0.381 e. The van der Waals surface area contributed by atoms with Crippen LogP contribution in [0.25, 0.3) is 0 Å². The summed E-state index contributed by atoms with van der Waals surface area (Å²) in [5, 5.41) is 10.1. The minimum absolute atomic E-state index is 0.0115. The fraction of sp³-hybridized carbons (Fsp3) is 0.714. The maximum atomic E-state index is 12.3. The highest BCUT2D eigenvalue weighted by molar-refractivity contribution is 5.95. The lowest BCUT2D eigenvalue weighted by Gasteiger charge is -2.28. The van der Waals surface area contributed by atoms with Crippen LogP contribution < -0.4 is 5.32 Å². The third kappa shape index (κ3) is 2.81. The van der Waals surface area contributed by atoms with Gasteiger partial charge < -0.3 is 10.1 Å². The summed E-state index contributed by atoms with van der Waals surface area (Å²) >= 11 is 0. The van der Waals surface area contributed by atoms with Crippen molar-refractivity contribution in [1.29, 1.82) is 0 Å². The Bertz CT molecular complexity index is 453. The molecule has 0 unspecified atom stereocenters. The molecule has 19 heavy (non-hydrogen) atoms. The number of carbonyl (C=O) groups excluding carboxylic acids is 1. The van der Waals surface area contributed by atoms with Crippen LogP contribution >= 0.6 is 0 Å². The summed E-state index contributed by atoms with van der Waals surface area (Å²) in [5.74, 6) is 0.527. The van der Waals surface area contributed by atoms with Crippen LogP contribution in [0.15, 0.2) is 6.20 Å². The van der Waals surface area contributed by atoms with E-state index in [0.717, 1.165) is 49.8 Å². The van der Waals surface area contributed by atoms with Gasteiger partial charge in [0.2, 0.25) is 0 Å². The Labute approximate surface area is 113 Å². The number of hydrogen-bond donors (Lipinski definition) is 2. The zero-order valence-corrected chi connectivity index (χ0v) is 11.3. The molecule has 0 aromatic carbocycles. The zero-order valence-electron chi connectivity index (χ0n) is 11.3. The highest BCUT2D eigenvalue weighted by Crippen LogP contribution is 2.40. The summed E-state index contributed by atoms with van der Waals surface area (Å²) in [6, 6.07) is 0.230. The Morgan fingerprint density at radius 2 is 2.26 bits per heavy atom. The molecule has 104 valence electrons. The number of aromatic nitrogens is 2. The van der Waals surface area contributed by atoms with Crippen LogP contribution in [0.4, 0.5) is 0 Å². The number of ether oxygens (including phenoxy) is 1. The van der Waals surface area contributed by atoms with Crippen molar-refractivity contribution in [2.24, 2.45) is 0 Å². The molecule has 1 aromatic heterocycles. The van der Waals surface area contributed by atoms with Crippen molar-refractivity contribution in [1.82, 2.24) is 15.5 Å². The molecule has 0 bridgehead atoms. The van der Waals surface area contributed by atoms with Crippen molar-refractivity contribution >= 4 is 5.91 Å². The van der Waals surface area contributed by atoms with E-state index < -0.39 is 0 Å². The van der Waals surface area contributed by atoms with E-state index in [1.54, 1.807) is 13.3 Å². The Morgan fingerprint density at radius 1 is 1.42 bits per heavy atom. The van der Waals surface area contributed by atoms with E-state index in [4.69, 9.17) is 4.74 Å². The Kier molecular flexibility index (Phi) is 3.55. The van der Waals surface area contributed by atoms with Crippen LogP contribution in [0.1, 0.15) is 60.5 Å². The topological polar surface area (TPSA) is 67.0 Å². The molecule has 1 amide bonds. The monoisotopic (exact) mass is 263 g/mol. The van der Waals surface area contributed by atoms with Crippen LogP contribution in [-0.2, 0) is 4.74 Å². The normalized spacial score (nSPS) is 27.2. The predicted molar refractivity (Wildman–Crippen MR) is 71.1 cm³/mol. The first kappa shape index (κ1) is 12.7. The number of amides is 1. The molecule has 0 spiro atoms. The highest BCUT2D eigenvalue weighted by Gasteiger charge is 2.31. The molecule has 0 saturated heterocycles. The highest BCUT2D eigenvalue weighted by atomic mass is 16.5. The van der Waals surface area contributed by atoms with E-state index in [0.29, 0.717) is 5.92 Å². The van der Waals surface area contributed by atoms with Crippen molar-refractivity contribution in [3.63, 3.8) is 0 Å². The summed E-state index contributed by atoms with van der Waals surface area (Å²) in [7, 11) is 1.75. The average Bonchev–Trinajstić information content (AvgIpc) is 3.16. The second-order valence-corrected chi connectivity index (χ2v) is 5.67. The minimum atomic E-state index is 0.0115. The van der Waals surface area contributed by atoms with E-state index in [1.807, 2.05) is 0 Å². The van der Waals surface area contributed by atoms with Crippen molar-refractivity contribution in [3.8, 4) is 0 Å². The standard InChI is InChI=1S/C14H21N3O2/c1-19-11-4-2-3-10(7-11)16-14(18)12-8-15-17-13(12)9-5-6-9/h8-11H,2-7H2,1H3,(H,15,17)(H,16,18)/t10-,11-/m1/s1. The van der Waals surface area contributed by atoms with E-state index in [2.05, 4.69) is 15.5 Å². The van der Waals surface area contributed by atoms with E-state index >= 15 is 0 Å². The lowest BCUT2D eigenvalue weighted by atomic mass is 9.92. The summed E-state index contributed by atoms with van der Waals surface area (Å²) in [5.41, 5.74) is 1.73. The molecule has 2 atom stereocenters. The van der Waals surface area contributed by atoms with Crippen LogP contribution in [-0.4, -0.2) is 35.4 Å². The second-order valence-electron chi connectivity index (χ2n) is 5.67. The summed E-state index contributed by atoms with van der Waals surface area (Å²) in [4.78, 5) is 12.3. The van der Waals surface area contributed by atoms with Gasteiger partial charge in [-0.3, -0.25) is 9.89 Å². The number of rotatable bonds is 4. The SMILES string of the molecule is CO[C@@H]1CCC[C@@H](NC(=O)c2cn[nH]c2C2CC2)C1. The summed E-state index contributed by atoms with van der Waals surface area (Å²) < 4.78 is 5.40. The number of aromatic amines is 1. The lowest BCUT2D eigenvalue weighted by Crippen LogP contribution is -2.40. The number of nitrogens with one attached hydrogen (secondary N) is 2. The number of H-pyrrole nitrogens is 1. The molecule has 2 aliphatic carbocycles. The first-order chi connectivity index (χ1) is 9.28. The van der Waals surface area contributed by atoms with Gasteiger partial charge in [-0.1, -0.05) is 0 Å². The van der Waals surface area contributed by atoms with Crippen molar-refractivity contribution < 1.29 is 9.53 Å². The molecule has 1 aromatic rings. The molecular weight excluding hydrogens is 242 g/mol. The number of carbonyl (C=O) groups is 1. The molecule has 5 heteroatoms. The van der Waals surface area contributed by atoms with Gasteiger partial charge in [0.05, 0.1) is 23.6 Å². The number of hydrogen-bond acceptors (Lipinski definition) is 3. The maximum absolute atomic E-state index is 12.3. The molecule has 2 N–H and O–H groups in total. The van der Waals surface area contributed by atoms with Gasteiger partial charge in [0, 0.05) is 19.1 Å². The van der Waals surface area contributed by atoms with Gasteiger partial charge in [-0.15, -0.1) is 0 Å². The molecule has 2 fully saturated rings. The summed E-state index contributed by atoms with van der Waals surface area (Å²) in [6.07, 6.45) is 8.44. The van der Waals surface area contributed by atoms with Crippen LogP contribution in [0.2, 0.25) is 0 Å². The lowest BCUT2D eigenvalue weighted by molar-refractivity contribution is 0.0562. The minimum Gasteiger partial charge on any atom is -0.381 e. The fourth-order valence-corrected chi connectivity index (χ4v) is 2.91. The Morgan fingerprint density at radius 3 is 3.00 bits per heavy atom. The third-order valence-corrected chi connectivity index (χ3v) is 4.19. The molecule has 1 heterocycles.